The molecule has 4 nitrogen and oxygen atoms in total. The molecular weight excluding hydrogens is 348 g/mol. The fourth-order valence-corrected chi connectivity index (χ4v) is 3.95. The Hall–Kier alpha value is -2.33. The second-order valence-corrected chi connectivity index (χ2v) is 7.36. The molecule has 4 heteroatoms. The number of anilines is 1. The minimum atomic E-state index is 0.191. The lowest BCUT2D eigenvalue weighted by Crippen LogP contribution is -2.47. The third-order valence-electron chi connectivity index (χ3n) is 5.46. The van der Waals surface area contributed by atoms with Crippen molar-refractivity contribution in [1.82, 2.24) is 4.90 Å². The van der Waals surface area contributed by atoms with Crippen molar-refractivity contribution in [1.29, 1.82) is 0 Å². The highest BCUT2D eigenvalue weighted by Gasteiger charge is 2.28. The summed E-state index contributed by atoms with van der Waals surface area (Å²) in [6.45, 7) is 7.71. The molecule has 1 aliphatic rings. The third kappa shape index (κ3) is 5.35. The maximum absolute atomic E-state index is 12.7. The zero-order valence-electron chi connectivity index (χ0n) is 17.1. The first kappa shape index (κ1) is 20.4. The number of carbonyl (C=O) groups excluding carboxylic acids is 1. The number of nitrogens with zero attached hydrogens (tertiary/aromatic N) is 2. The van der Waals surface area contributed by atoms with Crippen molar-refractivity contribution in [2.24, 2.45) is 0 Å². The van der Waals surface area contributed by atoms with E-state index < -0.39 is 0 Å². The summed E-state index contributed by atoms with van der Waals surface area (Å²) in [6.07, 6.45) is 3.63. The SMILES string of the molecule is CCOc1cccc(N(C(=O)CC)C2CCN(CCc3ccccc3)CC2)c1. The van der Waals surface area contributed by atoms with Crippen LogP contribution in [-0.2, 0) is 11.2 Å². The Balaban J connectivity index is 1.62. The van der Waals surface area contributed by atoms with Crippen LogP contribution in [0.3, 0.4) is 0 Å². The van der Waals surface area contributed by atoms with E-state index in [0.29, 0.717) is 13.0 Å². The van der Waals surface area contributed by atoms with E-state index in [-0.39, 0.29) is 11.9 Å². The Morgan fingerprint density at radius 2 is 1.82 bits per heavy atom. The Morgan fingerprint density at radius 1 is 1.07 bits per heavy atom. The van der Waals surface area contributed by atoms with Crippen LogP contribution in [-0.4, -0.2) is 43.1 Å². The molecule has 0 spiro atoms. The maximum Gasteiger partial charge on any atom is 0.226 e. The van der Waals surface area contributed by atoms with Gasteiger partial charge in [0, 0.05) is 43.9 Å². The summed E-state index contributed by atoms with van der Waals surface area (Å²) in [5.41, 5.74) is 2.35. The molecule has 0 atom stereocenters. The number of ether oxygens (including phenoxy) is 1. The van der Waals surface area contributed by atoms with Gasteiger partial charge in [0.1, 0.15) is 5.75 Å². The number of likely N-dealkylation sites (tertiary alicyclic amines) is 1. The largest absolute Gasteiger partial charge is 0.494 e. The summed E-state index contributed by atoms with van der Waals surface area (Å²) in [5, 5.41) is 0. The molecule has 1 aliphatic heterocycles. The number of hydrogen-bond donors (Lipinski definition) is 0. The van der Waals surface area contributed by atoms with Crippen LogP contribution in [0.5, 0.6) is 5.75 Å². The summed E-state index contributed by atoms with van der Waals surface area (Å²) in [7, 11) is 0. The third-order valence-corrected chi connectivity index (χ3v) is 5.46. The van der Waals surface area contributed by atoms with Crippen molar-refractivity contribution in [2.75, 3.05) is 31.1 Å². The van der Waals surface area contributed by atoms with E-state index in [2.05, 4.69) is 35.2 Å². The number of hydrogen-bond acceptors (Lipinski definition) is 3. The molecule has 1 amide bonds. The predicted molar refractivity (Wildman–Crippen MR) is 115 cm³/mol. The lowest BCUT2D eigenvalue weighted by Gasteiger charge is -2.38. The molecule has 150 valence electrons. The molecule has 1 fully saturated rings. The number of piperidine rings is 1. The van der Waals surface area contributed by atoms with Crippen molar-refractivity contribution in [2.45, 2.75) is 45.6 Å². The van der Waals surface area contributed by atoms with Crippen molar-refractivity contribution in [3.63, 3.8) is 0 Å². The zero-order chi connectivity index (χ0) is 19.8. The van der Waals surface area contributed by atoms with Gasteiger partial charge in [-0.05, 0) is 43.9 Å². The molecule has 0 aromatic heterocycles. The summed E-state index contributed by atoms with van der Waals surface area (Å²) in [6, 6.07) is 18.9. The topological polar surface area (TPSA) is 32.8 Å². The van der Waals surface area contributed by atoms with Crippen molar-refractivity contribution in [3.8, 4) is 5.75 Å². The van der Waals surface area contributed by atoms with Crippen molar-refractivity contribution in [3.05, 3.63) is 60.2 Å². The highest BCUT2D eigenvalue weighted by Crippen LogP contribution is 2.28. The van der Waals surface area contributed by atoms with E-state index in [1.807, 2.05) is 43.0 Å². The summed E-state index contributed by atoms with van der Waals surface area (Å²) in [4.78, 5) is 17.3. The monoisotopic (exact) mass is 380 g/mol. The smallest absolute Gasteiger partial charge is 0.226 e. The van der Waals surface area contributed by atoms with Crippen LogP contribution in [0.4, 0.5) is 5.69 Å². The number of amides is 1. The van der Waals surface area contributed by atoms with Gasteiger partial charge >= 0.3 is 0 Å². The molecule has 1 heterocycles. The number of rotatable bonds is 8. The zero-order valence-corrected chi connectivity index (χ0v) is 17.1. The predicted octanol–water partition coefficient (Wildman–Crippen LogP) is 4.54. The number of carbonyl (C=O) groups is 1. The molecule has 0 unspecified atom stereocenters. The van der Waals surface area contributed by atoms with Gasteiger partial charge in [0.2, 0.25) is 5.91 Å². The first-order valence-corrected chi connectivity index (χ1v) is 10.5. The fourth-order valence-electron chi connectivity index (χ4n) is 3.95. The molecule has 28 heavy (non-hydrogen) atoms. The van der Waals surface area contributed by atoms with E-state index in [1.54, 1.807) is 0 Å². The van der Waals surface area contributed by atoms with Crippen molar-refractivity contribution < 1.29 is 9.53 Å². The van der Waals surface area contributed by atoms with Gasteiger partial charge in [0.15, 0.2) is 0 Å². The molecule has 0 bridgehead atoms. The van der Waals surface area contributed by atoms with Crippen LogP contribution < -0.4 is 9.64 Å². The molecule has 2 aromatic rings. The van der Waals surface area contributed by atoms with E-state index in [0.717, 1.165) is 50.3 Å². The van der Waals surface area contributed by atoms with Gasteiger partial charge in [0.05, 0.1) is 6.61 Å². The Morgan fingerprint density at radius 3 is 2.50 bits per heavy atom. The van der Waals surface area contributed by atoms with Gasteiger partial charge in [0.25, 0.3) is 0 Å². The minimum absolute atomic E-state index is 0.191. The highest BCUT2D eigenvalue weighted by atomic mass is 16.5. The molecule has 1 saturated heterocycles. The highest BCUT2D eigenvalue weighted by molar-refractivity contribution is 5.94. The lowest BCUT2D eigenvalue weighted by molar-refractivity contribution is -0.119. The second-order valence-electron chi connectivity index (χ2n) is 7.36. The van der Waals surface area contributed by atoms with Crippen LogP contribution >= 0.6 is 0 Å². The Bertz CT molecular complexity index is 739. The van der Waals surface area contributed by atoms with Gasteiger partial charge in [-0.25, -0.2) is 0 Å². The summed E-state index contributed by atoms with van der Waals surface area (Å²) in [5.74, 6) is 1.02. The Kier molecular flexibility index (Phi) is 7.49. The summed E-state index contributed by atoms with van der Waals surface area (Å²) >= 11 is 0. The first-order chi connectivity index (χ1) is 13.7. The maximum atomic E-state index is 12.7. The van der Waals surface area contributed by atoms with E-state index in [9.17, 15) is 4.79 Å². The minimum Gasteiger partial charge on any atom is -0.494 e. The lowest BCUT2D eigenvalue weighted by atomic mass is 10.0. The normalized spacial score (nSPS) is 15.4. The molecular formula is C24H32N2O2. The van der Waals surface area contributed by atoms with Crippen LogP contribution in [0.15, 0.2) is 54.6 Å². The molecule has 3 rings (SSSR count). The van der Waals surface area contributed by atoms with Gasteiger partial charge in [-0.2, -0.15) is 0 Å². The van der Waals surface area contributed by atoms with Gasteiger partial charge < -0.3 is 14.5 Å². The molecule has 0 N–H and O–H groups in total. The molecule has 0 saturated carbocycles. The van der Waals surface area contributed by atoms with Gasteiger partial charge in [-0.1, -0.05) is 43.3 Å². The van der Waals surface area contributed by atoms with Crippen molar-refractivity contribution >= 4 is 11.6 Å². The molecule has 0 radical (unpaired) electrons. The van der Waals surface area contributed by atoms with Crippen LogP contribution in [0, 0.1) is 0 Å². The van der Waals surface area contributed by atoms with Crippen LogP contribution in [0.2, 0.25) is 0 Å². The number of benzene rings is 2. The van der Waals surface area contributed by atoms with E-state index in [4.69, 9.17) is 4.74 Å². The molecule has 0 aliphatic carbocycles. The Labute approximate surface area is 169 Å². The average Bonchev–Trinajstić information content (AvgIpc) is 2.74. The second kappa shape index (κ2) is 10.3. The van der Waals surface area contributed by atoms with Gasteiger partial charge in [-0.15, -0.1) is 0 Å². The molecule has 2 aromatic carbocycles. The van der Waals surface area contributed by atoms with E-state index in [1.165, 1.54) is 5.56 Å². The first-order valence-electron chi connectivity index (χ1n) is 10.5. The fraction of sp³-hybridized carbons (Fsp3) is 0.458. The van der Waals surface area contributed by atoms with E-state index >= 15 is 0 Å². The van der Waals surface area contributed by atoms with Crippen LogP contribution in [0.1, 0.15) is 38.7 Å². The quantitative estimate of drug-likeness (QED) is 0.674. The van der Waals surface area contributed by atoms with Crippen LogP contribution in [0.25, 0.3) is 0 Å². The average molecular weight is 381 g/mol. The standard InChI is InChI=1S/C24H32N2O2/c1-3-24(27)26(22-11-8-12-23(19-22)28-4-2)21-14-17-25(18-15-21)16-13-20-9-6-5-7-10-20/h5-12,19,21H,3-4,13-18H2,1-2H3. The van der Waals surface area contributed by atoms with Gasteiger partial charge in [-0.3, -0.25) is 4.79 Å². The summed E-state index contributed by atoms with van der Waals surface area (Å²) < 4.78 is 5.64.